The molecule has 3 heterocycles. The lowest BCUT2D eigenvalue weighted by Crippen LogP contribution is -2.11. The molecule has 7 aromatic carbocycles. The zero-order valence-electron chi connectivity index (χ0n) is 27.3. The molecule has 0 fully saturated rings. The molecule has 3 heteroatoms. The first-order valence-electron chi connectivity index (χ1n) is 17.2. The highest BCUT2D eigenvalue weighted by Gasteiger charge is 2.23. The van der Waals surface area contributed by atoms with Gasteiger partial charge in [-0.15, -0.1) is 0 Å². The van der Waals surface area contributed by atoms with Gasteiger partial charge in [-0.1, -0.05) is 127 Å². The molecule has 0 radical (unpaired) electrons. The van der Waals surface area contributed by atoms with Crippen LogP contribution in [-0.2, 0) is 0 Å². The number of rotatable bonds is 5. The van der Waals surface area contributed by atoms with E-state index in [2.05, 4.69) is 181 Å². The Morgan fingerprint density at radius 3 is 2.00 bits per heavy atom. The summed E-state index contributed by atoms with van der Waals surface area (Å²) >= 11 is 0. The number of furan rings is 1. The molecule has 1 aliphatic heterocycles. The Morgan fingerprint density at radius 1 is 0.500 bits per heavy atom. The molecule has 236 valence electrons. The van der Waals surface area contributed by atoms with Crippen molar-refractivity contribution in [1.82, 2.24) is 4.57 Å². The molecule has 0 saturated carbocycles. The number of aliphatic imine (C=N–C) groups is 1. The van der Waals surface area contributed by atoms with Gasteiger partial charge in [-0.05, 0) is 81.9 Å². The molecule has 10 rings (SSSR count). The van der Waals surface area contributed by atoms with Crippen LogP contribution in [0.3, 0.4) is 0 Å². The molecule has 1 atom stereocenters. The molecular weight excluding hydrogens is 609 g/mol. The van der Waals surface area contributed by atoms with Crippen LogP contribution in [0.1, 0.15) is 29.2 Å². The van der Waals surface area contributed by atoms with E-state index in [0.29, 0.717) is 0 Å². The first-order chi connectivity index (χ1) is 24.8. The van der Waals surface area contributed by atoms with Crippen molar-refractivity contribution in [1.29, 1.82) is 0 Å². The molecule has 0 spiro atoms. The highest BCUT2D eigenvalue weighted by atomic mass is 16.3. The first kappa shape index (κ1) is 28.6. The normalized spacial score (nSPS) is 14.8. The maximum absolute atomic E-state index is 6.62. The number of aromatic nitrogens is 1. The summed E-state index contributed by atoms with van der Waals surface area (Å²) in [5.74, 6) is 0. The third kappa shape index (κ3) is 4.70. The van der Waals surface area contributed by atoms with Crippen molar-refractivity contribution >= 4 is 55.0 Å². The van der Waals surface area contributed by atoms with Gasteiger partial charge in [-0.2, -0.15) is 0 Å². The summed E-state index contributed by atoms with van der Waals surface area (Å²) in [6.45, 7) is 0. The van der Waals surface area contributed by atoms with E-state index in [1.54, 1.807) is 0 Å². The lowest BCUT2D eigenvalue weighted by atomic mass is 9.89. The molecule has 1 unspecified atom stereocenters. The van der Waals surface area contributed by atoms with Crippen molar-refractivity contribution in [2.45, 2.75) is 12.5 Å². The monoisotopic (exact) mass is 640 g/mol. The molecule has 0 amide bonds. The van der Waals surface area contributed by atoms with Gasteiger partial charge in [0.25, 0.3) is 0 Å². The van der Waals surface area contributed by atoms with Gasteiger partial charge in [0.05, 0.1) is 17.1 Å². The Labute approximate surface area is 290 Å². The molecular formula is C47H32N2O. The Kier molecular flexibility index (Phi) is 6.63. The largest absolute Gasteiger partial charge is 0.456 e. The SMILES string of the molecule is C1=C(c2ccccc2)CC(c2ccccc2)=NC1c1cccc2oc3cc(-c4ccc5c(c4)c4ccccc4n5-c4ccccc4)ccc3c12. The smallest absolute Gasteiger partial charge is 0.136 e. The second kappa shape index (κ2) is 11.6. The number of fused-ring (bicyclic) bond motifs is 6. The van der Waals surface area contributed by atoms with Crippen LogP contribution in [-0.4, -0.2) is 10.3 Å². The third-order valence-corrected chi connectivity index (χ3v) is 10.1. The van der Waals surface area contributed by atoms with Crippen molar-refractivity contribution < 1.29 is 4.42 Å². The molecule has 0 bridgehead atoms. The summed E-state index contributed by atoms with van der Waals surface area (Å²) in [5, 5.41) is 4.72. The second-order valence-electron chi connectivity index (χ2n) is 13.1. The molecule has 0 aliphatic carbocycles. The highest BCUT2D eigenvalue weighted by Crippen LogP contribution is 2.41. The summed E-state index contributed by atoms with van der Waals surface area (Å²) in [6.07, 6.45) is 3.13. The fraction of sp³-hybridized carbons (Fsp3) is 0.0426. The van der Waals surface area contributed by atoms with Crippen molar-refractivity contribution in [2.24, 2.45) is 4.99 Å². The summed E-state index contributed by atoms with van der Waals surface area (Å²) in [7, 11) is 0. The molecule has 0 saturated heterocycles. The standard InChI is InChI=1S/C47H32N2O/c1-4-13-31(14-5-1)35-28-41(32-15-6-2-7-16-32)48-42(29-35)38-20-12-22-45-47(38)39-25-23-34(30-46(39)50-45)33-24-26-44-40(27-33)37-19-10-11-21-43(37)49(44)36-17-8-3-9-18-36/h1-27,29-30,42H,28H2. The van der Waals surface area contributed by atoms with Crippen LogP contribution in [0.2, 0.25) is 0 Å². The van der Waals surface area contributed by atoms with E-state index in [1.165, 1.54) is 32.9 Å². The van der Waals surface area contributed by atoms with Gasteiger partial charge in [0.2, 0.25) is 0 Å². The van der Waals surface area contributed by atoms with Crippen LogP contribution < -0.4 is 0 Å². The average molecular weight is 641 g/mol. The zero-order chi connectivity index (χ0) is 33.0. The van der Waals surface area contributed by atoms with Gasteiger partial charge in [0, 0.05) is 39.4 Å². The number of hydrogen-bond donors (Lipinski definition) is 0. The minimum absolute atomic E-state index is 0.136. The van der Waals surface area contributed by atoms with Crippen LogP contribution in [0.15, 0.2) is 185 Å². The predicted molar refractivity (Wildman–Crippen MR) is 208 cm³/mol. The Balaban J connectivity index is 1.10. The number of nitrogens with zero attached hydrogens (tertiary/aromatic N) is 2. The van der Waals surface area contributed by atoms with Gasteiger partial charge in [0.15, 0.2) is 0 Å². The average Bonchev–Trinajstić information content (AvgIpc) is 3.74. The minimum atomic E-state index is -0.136. The number of para-hydroxylation sites is 2. The number of dihydropyridines is 1. The van der Waals surface area contributed by atoms with Crippen molar-refractivity contribution in [2.75, 3.05) is 0 Å². The molecule has 9 aromatic rings. The Bertz CT molecular complexity index is 2710. The van der Waals surface area contributed by atoms with E-state index in [0.717, 1.165) is 62.0 Å². The van der Waals surface area contributed by atoms with Crippen LogP contribution in [0.25, 0.3) is 66.1 Å². The second-order valence-corrected chi connectivity index (χ2v) is 13.1. The fourth-order valence-corrected chi connectivity index (χ4v) is 7.78. The Morgan fingerprint density at radius 2 is 1.18 bits per heavy atom. The van der Waals surface area contributed by atoms with Gasteiger partial charge in [0.1, 0.15) is 11.2 Å². The predicted octanol–water partition coefficient (Wildman–Crippen LogP) is 12.4. The van der Waals surface area contributed by atoms with Gasteiger partial charge >= 0.3 is 0 Å². The molecule has 0 N–H and O–H groups in total. The van der Waals surface area contributed by atoms with E-state index >= 15 is 0 Å². The van der Waals surface area contributed by atoms with Crippen molar-refractivity contribution in [3.05, 3.63) is 193 Å². The minimum Gasteiger partial charge on any atom is -0.456 e. The lowest BCUT2D eigenvalue weighted by Gasteiger charge is -2.22. The van der Waals surface area contributed by atoms with E-state index < -0.39 is 0 Å². The molecule has 2 aromatic heterocycles. The fourth-order valence-electron chi connectivity index (χ4n) is 7.78. The van der Waals surface area contributed by atoms with Gasteiger partial charge in [-0.25, -0.2) is 0 Å². The van der Waals surface area contributed by atoms with Crippen molar-refractivity contribution in [3.63, 3.8) is 0 Å². The number of hydrogen-bond acceptors (Lipinski definition) is 2. The quantitative estimate of drug-likeness (QED) is 0.184. The van der Waals surface area contributed by atoms with Gasteiger partial charge in [-0.3, -0.25) is 4.99 Å². The first-order valence-corrected chi connectivity index (χ1v) is 17.2. The van der Waals surface area contributed by atoms with E-state index in [-0.39, 0.29) is 6.04 Å². The van der Waals surface area contributed by atoms with E-state index in [9.17, 15) is 0 Å². The van der Waals surface area contributed by atoms with E-state index in [4.69, 9.17) is 9.41 Å². The molecule has 50 heavy (non-hydrogen) atoms. The van der Waals surface area contributed by atoms with Gasteiger partial charge < -0.3 is 8.98 Å². The summed E-state index contributed by atoms with van der Waals surface area (Å²) in [6, 6.07) is 60.2. The number of benzene rings is 7. The maximum Gasteiger partial charge on any atom is 0.136 e. The third-order valence-electron chi connectivity index (χ3n) is 10.1. The highest BCUT2D eigenvalue weighted by molar-refractivity contribution is 6.12. The van der Waals surface area contributed by atoms with E-state index in [1.807, 2.05) is 0 Å². The van der Waals surface area contributed by atoms with Crippen molar-refractivity contribution in [3.8, 4) is 16.8 Å². The van der Waals surface area contributed by atoms with Crippen LogP contribution in [0.4, 0.5) is 0 Å². The van der Waals surface area contributed by atoms with Crippen LogP contribution in [0, 0.1) is 0 Å². The number of allylic oxidation sites excluding steroid dienone is 1. The summed E-state index contributed by atoms with van der Waals surface area (Å²) < 4.78 is 8.97. The molecule has 3 nitrogen and oxygen atoms in total. The zero-order valence-corrected chi connectivity index (χ0v) is 27.3. The maximum atomic E-state index is 6.62. The molecule has 1 aliphatic rings. The Hall–Kier alpha value is -6.45. The summed E-state index contributed by atoms with van der Waals surface area (Å²) in [5.41, 5.74) is 13.6. The lowest BCUT2D eigenvalue weighted by molar-refractivity contribution is 0.668. The summed E-state index contributed by atoms with van der Waals surface area (Å²) in [4.78, 5) is 5.37. The van der Waals surface area contributed by atoms with Crippen LogP contribution >= 0.6 is 0 Å². The van der Waals surface area contributed by atoms with Crippen LogP contribution in [0.5, 0.6) is 0 Å². The topological polar surface area (TPSA) is 30.4 Å².